The summed E-state index contributed by atoms with van der Waals surface area (Å²) < 4.78 is 2.59. The van der Waals surface area contributed by atoms with Crippen molar-refractivity contribution in [2.75, 3.05) is 0 Å². The van der Waals surface area contributed by atoms with Crippen molar-refractivity contribution in [1.29, 1.82) is 0 Å². The zero-order valence-corrected chi connectivity index (χ0v) is 14.4. The molecule has 3 heterocycles. The van der Waals surface area contributed by atoms with Gasteiger partial charge in [-0.1, -0.05) is 23.5 Å². The van der Waals surface area contributed by atoms with E-state index in [4.69, 9.17) is 0 Å². The molecule has 0 saturated carbocycles. The summed E-state index contributed by atoms with van der Waals surface area (Å²) in [6, 6.07) is 7.68. The van der Waals surface area contributed by atoms with E-state index >= 15 is 0 Å². The Morgan fingerprint density at radius 2 is 2.15 bits per heavy atom. The van der Waals surface area contributed by atoms with Gasteiger partial charge in [-0.3, -0.25) is 9.20 Å². The van der Waals surface area contributed by atoms with E-state index < -0.39 is 0 Å². The molecule has 0 aliphatic carbocycles. The number of H-pyrrole nitrogens is 1. The van der Waals surface area contributed by atoms with Gasteiger partial charge in [-0.2, -0.15) is 5.21 Å². The molecule has 94 valence electrons. The third kappa shape index (κ3) is 2.06. The predicted octanol–water partition coefficient (Wildman–Crippen LogP) is -1.79. The summed E-state index contributed by atoms with van der Waals surface area (Å²) in [5.74, 6) is 0.252. The first-order valence-electron chi connectivity index (χ1n) is 5.48. The van der Waals surface area contributed by atoms with Gasteiger partial charge in [-0.05, 0) is 17.3 Å². The summed E-state index contributed by atoms with van der Waals surface area (Å²) in [5.41, 5.74) is 0.976. The van der Waals surface area contributed by atoms with Crippen LogP contribution < -0.4 is 56.9 Å². The van der Waals surface area contributed by atoms with Gasteiger partial charge < -0.3 is 1.43 Å². The topological polar surface area (TPSA) is 88.8 Å². The first-order chi connectivity index (χ1) is 9.34. The van der Waals surface area contributed by atoms with Crippen molar-refractivity contribution in [3.63, 3.8) is 0 Å². The summed E-state index contributed by atoms with van der Waals surface area (Å²) in [7, 11) is 0. The number of aromatic nitrogens is 6. The van der Waals surface area contributed by atoms with E-state index in [-0.39, 0.29) is 64.2 Å². The maximum atomic E-state index is 12.5. The number of thiazole rings is 1. The molecule has 1 aromatic carbocycles. The van der Waals surface area contributed by atoms with Crippen molar-refractivity contribution in [2.24, 2.45) is 0 Å². The summed E-state index contributed by atoms with van der Waals surface area (Å²) in [4.78, 5) is 17.5. The predicted molar refractivity (Wildman–Crippen MR) is 71.1 cm³/mol. The molecule has 0 unspecified atom stereocenters. The number of benzene rings is 1. The molecule has 3 aromatic heterocycles. The number of hydrogen-bond donors (Lipinski definition) is 1. The molecule has 0 spiro atoms. The number of aromatic amines is 1. The van der Waals surface area contributed by atoms with Crippen LogP contribution in [-0.2, 0) is 0 Å². The molecule has 9 heteroatoms. The van der Waals surface area contributed by atoms with Gasteiger partial charge in [0.05, 0.1) is 10.2 Å². The van der Waals surface area contributed by atoms with Crippen molar-refractivity contribution in [1.82, 2.24) is 30.0 Å². The minimum Gasteiger partial charge on any atom is -1.00 e. The van der Waals surface area contributed by atoms with Crippen molar-refractivity contribution < 1.29 is 52.8 Å². The minimum atomic E-state index is -0.191. The van der Waals surface area contributed by atoms with Crippen LogP contribution in [0.15, 0.2) is 35.3 Å². The van der Waals surface area contributed by atoms with Gasteiger partial charge in [0.15, 0.2) is 4.96 Å². The van der Waals surface area contributed by atoms with Crippen molar-refractivity contribution in [3.05, 3.63) is 40.8 Å². The molecule has 1 N–H and O–H groups in total. The number of fused-ring (bicyclic) bond motifs is 3. The molecule has 4 rings (SSSR count). The van der Waals surface area contributed by atoms with E-state index in [0.717, 1.165) is 10.2 Å². The molecule has 0 saturated heterocycles. The third-order valence-corrected chi connectivity index (χ3v) is 3.86. The van der Waals surface area contributed by atoms with Gasteiger partial charge in [-0.15, -0.1) is 10.2 Å². The van der Waals surface area contributed by atoms with Gasteiger partial charge >= 0.3 is 51.4 Å². The molecule has 7 nitrogen and oxygen atoms in total. The van der Waals surface area contributed by atoms with E-state index in [1.54, 1.807) is 4.40 Å². The smallest absolute Gasteiger partial charge is 1.00 e. The standard InChI is InChI=1S/C11H6N6OS.K.H/c18-10-6(9-13-15-16-14-9)5-12-11-17(10)7-3-1-2-4-8(7)19-11;;/h1-5H,(H,13,14,15,16);;/q;+1;-1. The van der Waals surface area contributed by atoms with Gasteiger partial charge in [-0.25, -0.2) is 4.98 Å². The monoisotopic (exact) mass is 310 g/mol. The van der Waals surface area contributed by atoms with Gasteiger partial charge in [0.25, 0.3) is 5.56 Å². The number of nitrogens with zero attached hydrogens (tertiary/aromatic N) is 5. The second-order valence-corrected chi connectivity index (χ2v) is 4.91. The molecule has 0 fully saturated rings. The normalized spacial score (nSPS) is 10.8. The molecular weight excluding hydrogens is 303 g/mol. The number of para-hydroxylation sites is 1. The van der Waals surface area contributed by atoms with E-state index in [2.05, 4.69) is 25.6 Å². The molecule has 0 radical (unpaired) electrons. The molecule has 0 bridgehead atoms. The fourth-order valence-corrected chi connectivity index (χ4v) is 2.97. The summed E-state index contributed by atoms with van der Waals surface area (Å²) in [6.07, 6.45) is 1.48. The first-order valence-corrected chi connectivity index (χ1v) is 6.29. The zero-order chi connectivity index (χ0) is 12.8. The van der Waals surface area contributed by atoms with Crippen LogP contribution in [0.1, 0.15) is 1.43 Å². The number of hydrogen-bond acceptors (Lipinski definition) is 6. The van der Waals surface area contributed by atoms with E-state index in [9.17, 15) is 4.79 Å². The van der Waals surface area contributed by atoms with Crippen molar-refractivity contribution in [3.8, 4) is 11.4 Å². The average molecular weight is 310 g/mol. The Hall–Kier alpha value is -0.974. The van der Waals surface area contributed by atoms with Crippen LogP contribution in [0.4, 0.5) is 0 Å². The molecule has 0 amide bonds. The Bertz CT molecular complexity index is 950. The summed E-state index contributed by atoms with van der Waals surface area (Å²) >= 11 is 1.47. The molecule has 20 heavy (non-hydrogen) atoms. The Balaban J connectivity index is 0.000000807. The number of rotatable bonds is 1. The quantitative estimate of drug-likeness (QED) is 0.419. The summed E-state index contributed by atoms with van der Waals surface area (Å²) in [6.45, 7) is 0. The van der Waals surface area contributed by atoms with Gasteiger partial charge in [0, 0.05) is 6.20 Å². The van der Waals surface area contributed by atoms with E-state index in [0.29, 0.717) is 10.5 Å². The molecule has 0 aliphatic rings. The largest absolute Gasteiger partial charge is 1.00 e. The van der Waals surface area contributed by atoms with Gasteiger partial charge in [0.2, 0.25) is 5.82 Å². The summed E-state index contributed by atoms with van der Waals surface area (Å²) in [5, 5.41) is 13.4. The fraction of sp³-hybridized carbons (Fsp3) is 0. The SMILES string of the molecule is O=c1c(-c2nn[nH]n2)cnc2sc3ccccc3n12.[H-].[K+]. The van der Waals surface area contributed by atoms with E-state index in [1.807, 2.05) is 24.3 Å². The van der Waals surface area contributed by atoms with Crippen molar-refractivity contribution in [2.45, 2.75) is 0 Å². The minimum absolute atomic E-state index is 0. The van der Waals surface area contributed by atoms with Crippen LogP contribution in [0.25, 0.3) is 26.6 Å². The van der Waals surface area contributed by atoms with Crippen LogP contribution in [0.3, 0.4) is 0 Å². The fourth-order valence-electron chi connectivity index (χ4n) is 1.98. The molecule has 0 atom stereocenters. The Morgan fingerprint density at radius 3 is 2.95 bits per heavy atom. The molecule has 4 aromatic rings. The van der Waals surface area contributed by atoms with Gasteiger partial charge in [0.1, 0.15) is 5.56 Å². The maximum Gasteiger partial charge on any atom is 1.00 e. The van der Waals surface area contributed by atoms with Crippen LogP contribution in [-0.4, -0.2) is 30.0 Å². The van der Waals surface area contributed by atoms with Crippen molar-refractivity contribution >= 4 is 26.5 Å². The molecule has 0 aliphatic heterocycles. The van der Waals surface area contributed by atoms with Crippen LogP contribution >= 0.6 is 11.3 Å². The van der Waals surface area contributed by atoms with Crippen LogP contribution in [0.5, 0.6) is 0 Å². The molecular formula is C11H7KN6OS. The van der Waals surface area contributed by atoms with Crippen LogP contribution in [0, 0.1) is 0 Å². The number of nitrogens with one attached hydrogen (secondary N) is 1. The Labute approximate surface area is 160 Å². The first kappa shape index (κ1) is 14.0. The third-order valence-electron chi connectivity index (χ3n) is 2.82. The second-order valence-electron chi connectivity index (χ2n) is 3.90. The second kappa shape index (κ2) is 5.43. The van der Waals surface area contributed by atoms with Crippen LogP contribution in [0.2, 0.25) is 0 Å². The Kier molecular flexibility index (Phi) is 3.80. The number of tetrazole rings is 1. The Morgan fingerprint density at radius 1 is 1.30 bits per heavy atom. The maximum absolute atomic E-state index is 12.5. The van der Waals surface area contributed by atoms with E-state index in [1.165, 1.54) is 17.5 Å². The average Bonchev–Trinajstić information content (AvgIpc) is 3.05. The zero-order valence-electron chi connectivity index (χ0n) is 11.4.